The number of alkyl halides is 1. The van der Waals surface area contributed by atoms with E-state index in [1.54, 1.807) is 6.92 Å². The Bertz CT molecular complexity index is 1470. The van der Waals surface area contributed by atoms with E-state index >= 15 is 4.39 Å². The molecule has 0 bridgehead atoms. The molecule has 1 aromatic rings. The Morgan fingerprint density at radius 3 is 2.46 bits per heavy atom. The van der Waals surface area contributed by atoms with E-state index < -0.39 is 82.5 Å². The monoisotopic (exact) mass is 648 g/mol. The number of Topliss-reactive ketones (excluding diaryl/α,β-unsaturated/α-hetero) is 1. The molecule has 0 unspecified atom stereocenters. The predicted molar refractivity (Wildman–Crippen MR) is 151 cm³/mol. The molecule has 0 heterocycles. The van der Waals surface area contributed by atoms with E-state index in [0.29, 0.717) is 17.6 Å². The molecule has 4 aliphatic carbocycles. The highest BCUT2D eigenvalue weighted by Crippen LogP contribution is 2.69. The zero-order valence-corrected chi connectivity index (χ0v) is 25.2. The maximum atomic E-state index is 17.2. The highest BCUT2D eigenvalue weighted by atomic mass is 19.1. The number of benzene rings is 1. The van der Waals surface area contributed by atoms with Crippen LogP contribution in [-0.4, -0.2) is 91.4 Å². The Kier molecular flexibility index (Phi) is 8.98. The SMILES string of the molecule is C[C@]12C=CC(=O)C=C1CC[C@H]1[C@@H]3C[C@@H](O)[C@](O)(C(=O)COC(=O)CNC(=O)Oc4ccc(CON(O)O)cc4)[C@@]3(C)C[C@H](O)[C@@]12F. The molecule has 6 N–H and O–H groups in total. The summed E-state index contributed by atoms with van der Waals surface area (Å²) in [4.78, 5) is 54.4. The van der Waals surface area contributed by atoms with Crippen LogP contribution < -0.4 is 10.1 Å². The first kappa shape index (κ1) is 33.8. The fourth-order valence-electron chi connectivity index (χ4n) is 8.11. The molecule has 8 atom stereocenters. The number of halogens is 1. The second-order valence-electron chi connectivity index (χ2n) is 12.8. The van der Waals surface area contributed by atoms with Crippen molar-refractivity contribution in [3.63, 3.8) is 0 Å². The number of ketones is 2. The fourth-order valence-corrected chi connectivity index (χ4v) is 8.11. The Morgan fingerprint density at radius 1 is 1.09 bits per heavy atom. The number of nitrogens with zero attached hydrogens (tertiary/aromatic N) is 1. The normalized spacial score (nSPS) is 36.3. The second-order valence-corrected chi connectivity index (χ2v) is 12.8. The van der Waals surface area contributed by atoms with Gasteiger partial charge in [0, 0.05) is 16.7 Å². The van der Waals surface area contributed by atoms with Crippen molar-refractivity contribution in [1.82, 2.24) is 10.7 Å². The molecule has 0 spiro atoms. The maximum Gasteiger partial charge on any atom is 0.413 e. The van der Waals surface area contributed by atoms with Crippen molar-refractivity contribution < 1.29 is 63.6 Å². The van der Waals surface area contributed by atoms with Crippen LogP contribution in [0.4, 0.5) is 9.18 Å². The van der Waals surface area contributed by atoms with Crippen LogP contribution in [0.1, 0.15) is 45.1 Å². The van der Waals surface area contributed by atoms with E-state index in [9.17, 15) is 34.5 Å². The van der Waals surface area contributed by atoms with Gasteiger partial charge in [-0.05, 0) is 68.4 Å². The fraction of sp³-hybridized carbons (Fsp3) is 0.548. The van der Waals surface area contributed by atoms with Crippen LogP contribution in [0.3, 0.4) is 0 Å². The highest BCUT2D eigenvalue weighted by Gasteiger charge is 2.76. The molecule has 250 valence electrons. The standard InChI is InChI=1S/C31H37FN2O12/c1-28-10-9-19(35)11-18(28)5-8-21-22-12-23(36)31(41,29(22,2)13-24(37)30(21,28)32)25(38)16-44-26(39)14-33-27(40)46-20-6-3-17(4-7-20)15-45-34(42)43/h3-4,6-7,9-11,21-24,36-37,41-43H,5,8,12-16H2,1-2H3,(H,33,40)/t21-,22-,23+,24-,28-,29-,30-,31-/m0/s1. The summed E-state index contributed by atoms with van der Waals surface area (Å²) in [5.74, 6) is -3.82. The van der Waals surface area contributed by atoms with E-state index in [2.05, 4.69) is 10.2 Å². The molecule has 0 aliphatic heterocycles. The average Bonchev–Trinajstić information content (AvgIpc) is 3.20. The molecule has 46 heavy (non-hydrogen) atoms. The number of fused-ring (bicyclic) bond motifs is 5. The molecule has 0 saturated heterocycles. The Morgan fingerprint density at radius 2 is 1.78 bits per heavy atom. The van der Waals surface area contributed by atoms with Crippen molar-refractivity contribution in [2.45, 2.75) is 69.6 Å². The van der Waals surface area contributed by atoms with Gasteiger partial charge in [-0.2, -0.15) is 0 Å². The number of aliphatic hydroxyl groups excluding tert-OH is 2. The van der Waals surface area contributed by atoms with Crippen LogP contribution in [-0.2, 0) is 30.6 Å². The van der Waals surface area contributed by atoms with Gasteiger partial charge in [-0.15, -0.1) is 0 Å². The topological polar surface area (TPSA) is 212 Å². The number of hydrogen-bond donors (Lipinski definition) is 6. The summed E-state index contributed by atoms with van der Waals surface area (Å²) in [5.41, 5.74) is -6.36. The minimum absolute atomic E-state index is 0.0917. The van der Waals surface area contributed by atoms with Crippen molar-refractivity contribution in [3.8, 4) is 5.75 Å². The molecule has 1 aromatic carbocycles. The predicted octanol–water partition coefficient (Wildman–Crippen LogP) is 1.47. The molecule has 14 nitrogen and oxygen atoms in total. The first-order valence-electron chi connectivity index (χ1n) is 14.8. The lowest BCUT2D eigenvalue weighted by Crippen LogP contribution is -2.69. The number of hydrogen-bond acceptors (Lipinski definition) is 13. The number of rotatable bonds is 9. The zero-order valence-electron chi connectivity index (χ0n) is 25.2. The molecule has 3 saturated carbocycles. The number of nitrogens with one attached hydrogen (secondary N) is 1. The van der Waals surface area contributed by atoms with Gasteiger partial charge in [0.2, 0.25) is 5.78 Å². The van der Waals surface area contributed by atoms with Crippen LogP contribution in [0.2, 0.25) is 0 Å². The van der Waals surface area contributed by atoms with Crippen molar-refractivity contribution >= 4 is 23.6 Å². The number of allylic oxidation sites excluding steroid dienone is 4. The molecule has 4 aliphatic rings. The van der Waals surface area contributed by atoms with Crippen LogP contribution in [0.15, 0.2) is 48.1 Å². The van der Waals surface area contributed by atoms with Gasteiger partial charge in [0.05, 0.1) is 24.2 Å². The number of ether oxygens (including phenoxy) is 2. The maximum absolute atomic E-state index is 17.2. The Labute approximate surface area is 262 Å². The van der Waals surface area contributed by atoms with Gasteiger partial charge in [0.25, 0.3) is 0 Å². The van der Waals surface area contributed by atoms with Crippen molar-refractivity contribution in [2.24, 2.45) is 22.7 Å². The minimum Gasteiger partial charge on any atom is -0.456 e. The summed E-state index contributed by atoms with van der Waals surface area (Å²) in [6.07, 6.45) is -0.0519. The Hall–Kier alpha value is -3.57. The van der Waals surface area contributed by atoms with Gasteiger partial charge >= 0.3 is 12.1 Å². The largest absolute Gasteiger partial charge is 0.456 e. The summed E-state index contributed by atoms with van der Waals surface area (Å²) >= 11 is 0. The summed E-state index contributed by atoms with van der Waals surface area (Å²) < 4.78 is 27.3. The lowest BCUT2D eigenvalue weighted by molar-refractivity contribution is -0.497. The van der Waals surface area contributed by atoms with Gasteiger partial charge < -0.3 is 30.1 Å². The van der Waals surface area contributed by atoms with E-state index in [1.807, 2.05) is 0 Å². The first-order chi connectivity index (χ1) is 21.6. The number of carbonyl (C=O) groups is 4. The average molecular weight is 649 g/mol. The third-order valence-corrected chi connectivity index (χ3v) is 10.5. The number of aliphatic hydroxyl groups is 3. The van der Waals surface area contributed by atoms with Crippen LogP contribution in [0, 0.1) is 22.7 Å². The van der Waals surface area contributed by atoms with Gasteiger partial charge in [-0.25, -0.2) is 14.0 Å². The quantitative estimate of drug-likeness (QED) is 0.166. The molecular formula is C31H37FN2O12. The lowest BCUT2D eigenvalue weighted by atomic mass is 9.44. The molecule has 1 amide bonds. The zero-order chi connectivity index (χ0) is 33.7. The molecule has 0 radical (unpaired) electrons. The molecule has 3 fully saturated rings. The lowest BCUT2D eigenvalue weighted by Gasteiger charge is -2.62. The van der Waals surface area contributed by atoms with Crippen molar-refractivity contribution in [1.29, 1.82) is 0 Å². The summed E-state index contributed by atoms with van der Waals surface area (Å²) in [6, 6.07) is 5.74. The van der Waals surface area contributed by atoms with Gasteiger partial charge in [-0.1, -0.05) is 30.7 Å². The van der Waals surface area contributed by atoms with Gasteiger partial charge in [0.15, 0.2) is 23.7 Å². The molecule has 15 heteroatoms. The van der Waals surface area contributed by atoms with Crippen molar-refractivity contribution in [2.75, 3.05) is 13.2 Å². The van der Waals surface area contributed by atoms with Crippen LogP contribution in [0.25, 0.3) is 0 Å². The van der Waals surface area contributed by atoms with E-state index in [0.717, 1.165) is 0 Å². The van der Waals surface area contributed by atoms with Gasteiger partial charge in [0.1, 0.15) is 12.3 Å². The van der Waals surface area contributed by atoms with Gasteiger partial charge in [-0.3, -0.25) is 24.8 Å². The van der Waals surface area contributed by atoms with Crippen molar-refractivity contribution in [3.05, 3.63) is 53.6 Å². The molecule has 5 rings (SSSR count). The first-order valence-corrected chi connectivity index (χ1v) is 14.8. The highest BCUT2D eigenvalue weighted by molar-refractivity contribution is 6.01. The molecule has 0 aromatic heterocycles. The second kappa shape index (κ2) is 12.2. The van der Waals surface area contributed by atoms with E-state index in [-0.39, 0.29) is 37.4 Å². The smallest absolute Gasteiger partial charge is 0.413 e. The van der Waals surface area contributed by atoms with E-state index in [1.165, 1.54) is 49.4 Å². The minimum atomic E-state index is -2.47. The number of carbonyl (C=O) groups excluding carboxylic acids is 4. The van der Waals surface area contributed by atoms with Crippen LogP contribution >= 0.6 is 0 Å². The molecular weight excluding hydrogens is 611 g/mol. The summed E-state index contributed by atoms with van der Waals surface area (Å²) in [5, 5.41) is 53.1. The number of amides is 1. The van der Waals surface area contributed by atoms with Crippen LogP contribution in [0.5, 0.6) is 5.75 Å². The summed E-state index contributed by atoms with van der Waals surface area (Å²) in [6.45, 7) is 1.33. The third-order valence-electron chi connectivity index (χ3n) is 10.5. The van der Waals surface area contributed by atoms with E-state index in [4.69, 9.17) is 19.9 Å². The third kappa shape index (κ3) is 5.45. The summed E-state index contributed by atoms with van der Waals surface area (Å²) in [7, 11) is 0. The Balaban J connectivity index is 1.19. The number of esters is 1.